The monoisotopic (exact) mass is 641 g/mol. The molecule has 5 aliphatic rings. The smallest absolute Gasteiger partial charge is 0.319 e. The first-order valence-electron chi connectivity index (χ1n) is 17.6. The SMILES string of the molecule is Cc1cc2c(cnn2C2CCCCO2)c(-c2ncc3c(N4CC5CC(O)C(C5)C4)nc(OCC45CCCN4CCC5)nc3c2F)c1C. The Morgan fingerprint density at radius 1 is 1.04 bits per heavy atom. The molecule has 0 spiro atoms. The number of pyridine rings is 1. The van der Waals surface area contributed by atoms with Gasteiger partial charge < -0.3 is 19.5 Å². The van der Waals surface area contributed by atoms with Crippen LogP contribution in [0.2, 0.25) is 0 Å². The molecule has 4 aliphatic heterocycles. The minimum absolute atomic E-state index is 0.0151. The highest BCUT2D eigenvalue weighted by atomic mass is 19.1. The van der Waals surface area contributed by atoms with Gasteiger partial charge >= 0.3 is 6.01 Å². The first kappa shape index (κ1) is 29.7. The molecule has 11 heteroatoms. The molecule has 4 atom stereocenters. The summed E-state index contributed by atoms with van der Waals surface area (Å²) < 4.78 is 31.6. The van der Waals surface area contributed by atoms with E-state index in [0.29, 0.717) is 36.9 Å². The standard InChI is InChI=1S/C36H44FN7O3/c1-21-13-27-25(17-39-44(27)29-7-3-4-12-46-29)30(22(21)2)33-31(37)32-26(16-38-33)34(42-18-23-14-24(19-42)28(45)15-23)41-35(40-32)47-20-36-8-5-10-43(36)11-6-9-36/h13,16-17,23-24,28-29,45H,3-12,14-15,18-20H2,1-2H3. The van der Waals surface area contributed by atoms with Gasteiger partial charge in [-0.25, -0.2) is 9.07 Å². The molecule has 4 saturated heterocycles. The second-order valence-corrected chi connectivity index (χ2v) is 14.8. The molecule has 47 heavy (non-hydrogen) atoms. The van der Waals surface area contributed by atoms with Crippen LogP contribution in [0, 0.1) is 31.5 Å². The predicted molar refractivity (Wildman–Crippen MR) is 177 cm³/mol. The van der Waals surface area contributed by atoms with Crippen LogP contribution in [0.1, 0.15) is 75.1 Å². The van der Waals surface area contributed by atoms with Gasteiger partial charge in [0.1, 0.15) is 23.6 Å². The number of fused-ring (bicyclic) bond motifs is 5. The number of aromatic nitrogens is 5. The van der Waals surface area contributed by atoms with Gasteiger partial charge in [-0.15, -0.1) is 0 Å². The van der Waals surface area contributed by atoms with Crippen LogP contribution in [0.25, 0.3) is 33.1 Å². The maximum Gasteiger partial charge on any atom is 0.319 e. The summed E-state index contributed by atoms with van der Waals surface area (Å²) in [4.78, 5) is 19.3. The summed E-state index contributed by atoms with van der Waals surface area (Å²) in [5, 5.41) is 16.8. The fourth-order valence-corrected chi connectivity index (χ4v) is 9.44. The van der Waals surface area contributed by atoms with Gasteiger partial charge in [-0.2, -0.15) is 15.1 Å². The molecule has 4 aromatic rings. The number of nitrogens with zero attached hydrogens (tertiary/aromatic N) is 7. The Bertz CT molecular complexity index is 1840. The predicted octanol–water partition coefficient (Wildman–Crippen LogP) is 5.71. The summed E-state index contributed by atoms with van der Waals surface area (Å²) in [6.45, 7) is 8.93. The molecule has 1 N–H and O–H groups in total. The first-order chi connectivity index (χ1) is 22.9. The molecule has 5 fully saturated rings. The third-order valence-electron chi connectivity index (χ3n) is 12.0. The van der Waals surface area contributed by atoms with Gasteiger partial charge in [0.05, 0.1) is 28.7 Å². The maximum atomic E-state index is 17.1. The fourth-order valence-electron chi connectivity index (χ4n) is 9.44. The number of aliphatic hydroxyl groups excluding tert-OH is 1. The highest BCUT2D eigenvalue weighted by Gasteiger charge is 2.45. The van der Waals surface area contributed by atoms with Crippen LogP contribution in [-0.4, -0.2) is 85.8 Å². The lowest BCUT2D eigenvalue weighted by atomic mass is 9.95. The topological polar surface area (TPSA) is 102 Å². The number of hydrogen-bond donors (Lipinski definition) is 1. The molecular weight excluding hydrogens is 597 g/mol. The summed E-state index contributed by atoms with van der Waals surface area (Å²) in [5.41, 5.74) is 4.14. The summed E-state index contributed by atoms with van der Waals surface area (Å²) in [7, 11) is 0. The summed E-state index contributed by atoms with van der Waals surface area (Å²) in [6, 6.07) is 2.33. The molecular formula is C36H44FN7O3. The molecule has 3 aromatic heterocycles. The second-order valence-electron chi connectivity index (χ2n) is 14.8. The lowest BCUT2D eigenvalue weighted by Crippen LogP contribution is -2.43. The number of anilines is 1. The molecule has 9 rings (SSSR count). The Labute approximate surface area is 274 Å². The zero-order chi connectivity index (χ0) is 31.9. The van der Waals surface area contributed by atoms with Gasteiger partial charge in [0.15, 0.2) is 12.0 Å². The summed E-state index contributed by atoms with van der Waals surface area (Å²) >= 11 is 0. The average molecular weight is 642 g/mol. The summed E-state index contributed by atoms with van der Waals surface area (Å²) in [6.07, 6.45) is 12.5. The van der Waals surface area contributed by atoms with E-state index in [1.807, 2.05) is 17.8 Å². The van der Waals surface area contributed by atoms with Crippen molar-refractivity contribution in [2.45, 2.75) is 89.5 Å². The van der Waals surface area contributed by atoms with Gasteiger partial charge in [0.25, 0.3) is 0 Å². The molecule has 0 amide bonds. The second kappa shape index (κ2) is 11.3. The third kappa shape index (κ3) is 4.83. The van der Waals surface area contributed by atoms with E-state index in [1.54, 1.807) is 6.20 Å². The van der Waals surface area contributed by atoms with E-state index < -0.39 is 5.82 Å². The van der Waals surface area contributed by atoms with E-state index in [2.05, 4.69) is 22.8 Å². The number of benzene rings is 1. The third-order valence-corrected chi connectivity index (χ3v) is 12.0. The summed E-state index contributed by atoms with van der Waals surface area (Å²) in [5.74, 6) is 0.728. The quantitative estimate of drug-likeness (QED) is 0.284. The van der Waals surface area contributed by atoms with Gasteiger partial charge in [-0.3, -0.25) is 9.88 Å². The van der Waals surface area contributed by atoms with E-state index >= 15 is 4.39 Å². The van der Waals surface area contributed by atoms with Crippen molar-refractivity contribution < 1.29 is 19.0 Å². The number of rotatable bonds is 6. The van der Waals surface area contributed by atoms with Gasteiger partial charge in [-0.1, -0.05) is 0 Å². The molecule has 7 heterocycles. The minimum Gasteiger partial charge on any atom is -0.461 e. The van der Waals surface area contributed by atoms with E-state index in [-0.39, 0.29) is 41.0 Å². The molecule has 1 saturated carbocycles. The highest BCUT2D eigenvalue weighted by Crippen LogP contribution is 2.43. The maximum absolute atomic E-state index is 17.1. The first-order valence-corrected chi connectivity index (χ1v) is 17.6. The van der Waals surface area contributed by atoms with Crippen LogP contribution in [0.5, 0.6) is 6.01 Å². The lowest BCUT2D eigenvalue weighted by Gasteiger charge is -2.34. The molecule has 4 unspecified atom stereocenters. The van der Waals surface area contributed by atoms with Crippen LogP contribution in [0.15, 0.2) is 18.5 Å². The molecule has 1 aromatic carbocycles. The number of ether oxygens (including phenoxy) is 2. The van der Waals surface area contributed by atoms with Crippen molar-refractivity contribution in [1.29, 1.82) is 0 Å². The van der Waals surface area contributed by atoms with E-state index in [9.17, 15) is 5.11 Å². The number of aryl methyl sites for hydroxylation is 1. The fraction of sp³-hybridized carbons (Fsp3) is 0.611. The number of halogens is 1. The number of hydrogen-bond acceptors (Lipinski definition) is 9. The van der Waals surface area contributed by atoms with Crippen LogP contribution >= 0.6 is 0 Å². The largest absolute Gasteiger partial charge is 0.461 e. The number of aliphatic hydroxyl groups is 1. The van der Waals surface area contributed by atoms with Crippen LogP contribution in [-0.2, 0) is 4.74 Å². The Hall–Kier alpha value is -3.41. The molecule has 0 radical (unpaired) electrons. The molecule has 2 bridgehead atoms. The van der Waals surface area contributed by atoms with Gasteiger partial charge in [0, 0.05) is 42.8 Å². The van der Waals surface area contributed by atoms with Crippen LogP contribution < -0.4 is 9.64 Å². The molecule has 1 aliphatic carbocycles. The van der Waals surface area contributed by atoms with Crippen molar-refractivity contribution in [2.24, 2.45) is 11.8 Å². The van der Waals surface area contributed by atoms with Crippen LogP contribution in [0.3, 0.4) is 0 Å². The Balaban J connectivity index is 1.17. The minimum atomic E-state index is -0.478. The zero-order valence-corrected chi connectivity index (χ0v) is 27.4. The van der Waals surface area contributed by atoms with Crippen molar-refractivity contribution in [3.05, 3.63) is 35.4 Å². The highest BCUT2D eigenvalue weighted by molar-refractivity contribution is 5.99. The Morgan fingerprint density at radius 3 is 2.68 bits per heavy atom. The van der Waals surface area contributed by atoms with Crippen molar-refractivity contribution in [3.63, 3.8) is 0 Å². The number of piperidine rings is 1. The lowest BCUT2D eigenvalue weighted by molar-refractivity contribution is -0.0366. The molecule has 10 nitrogen and oxygen atoms in total. The normalized spacial score (nSPS) is 27.3. The Morgan fingerprint density at radius 2 is 1.89 bits per heavy atom. The van der Waals surface area contributed by atoms with Crippen molar-refractivity contribution in [3.8, 4) is 17.3 Å². The van der Waals surface area contributed by atoms with E-state index in [4.69, 9.17) is 29.5 Å². The van der Waals surface area contributed by atoms with Crippen molar-refractivity contribution in [1.82, 2.24) is 29.6 Å². The van der Waals surface area contributed by atoms with Gasteiger partial charge in [0.2, 0.25) is 0 Å². The van der Waals surface area contributed by atoms with E-state index in [1.165, 1.54) is 12.8 Å². The van der Waals surface area contributed by atoms with Crippen LogP contribution in [0.4, 0.5) is 10.2 Å². The van der Waals surface area contributed by atoms with E-state index in [0.717, 1.165) is 92.2 Å². The zero-order valence-electron chi connectivity index (χ0n) is 27.4. The average Bonchev–Trinajstić information content (AvgIpc) is 3.84. The van der Waals surface area contributed by atoms with Crippen molar-refractivity contribution >= 4 is 27.6 Å². The van der Waals surface area contributed by atoms with Crippen molar-refractivity contribution in [2.75, 3.05) is 44.3 Å². The Kier molecular flexibility index (Phi) is 7.17. The van der Waals surface area contributed by atoms with Gasteiger partial charge in [-0.05, 0) is 108 Å². The molecule has 248 valence electrons.